The maximum Gasteiger partial charge on any atom is 0.162 e. The van der Waals surface area contributed by atoms with Crippen molar-refractivity contribution in [1.82, 2.24) is 0 Å². The van der Waals surface area contributed by atoms with E-state index in [9.17, 15) is 4.79 Å². The second-order valence-corrected chi connectivity index (χ2v) is 4.86. The summed E-state index contributed by atoms with van der Waals surface area (Å²) in [5.74, 6) is 1.40. The van der Waals surface area contributed by atoms with Crippen molar-refractivity contribution in [1.29, 1.82) is 0 Å². The van der Waals surface area contributed by atoms with Gasteiger partial charge >= 0.3 is 0 Å². The summed E-state index contributed by atoms with van der Waals surface area (Å²) in [6.07, 6.45) is 6.62. The summed E-state index contributed by atoms with van der Waals surface area (Å²) >= 11 is 0. The van der Waals surface area contributed by atoms with Crippen molar-refractivity contribution in [3.63, 3.8) is 0 Å². The Labute approximate surface area is 78.6 Å². The third-order valence-corrected chi connectivity index (χ3v) is 4.32. The molecule has 0 N–H and O–H groups in total. The van der Waals surface area contributed by atoms with Crippen molar-refractivity contribution < 1.29 is 9.53 Å². The summed E-state index contributed by atoms with van der Waals surface area (Å²) < 4.78 is 5.31. The molecule has 2 aliphatic carbocycles. The van der Waals surface area contributed by atoms with Gasteiger partial charge in [0.2, 0.25) is 0 Å². The van der Waals surface area contributed by atoms with Crippen molar-refractivity contribution in [2.75, 3.05) is 13.2 Å². The van der Waals surface area contributed by atoms with Crippen LogP contribution in [0.2, 0.25) is 0 Å². The highest BCUT2D eigenvalue weighted by Crippen LogP contribution is 2.67. The zero-order valence-electron chi connectivity index (χ0n) is 7.92. The van der Waals surface area contributed by atoms with Crippen LogP contribution in [0.4, 0.5) is 0 Å². The van der Waals surface area contributed by atoms with E-state index < -0.39 is 0 Å². The van der Waals surface area contributed by atoms with Gasteiger partial charge in [0.1, 0.15) is 6.61 Å². The molecule has 1 aliphatic heterocycles. The minimum atomic E-state index is 0.387. The number of carbonyl (C=O) groups excluding carboxylic acids is 1. The summed E-state index contributed by atoms with van der Waals surface area (Å²) in [4.78, 5) is 11.6. The summed E-state index contributed by atoms with van der Waals surface area (Å²) in [6, 6.07) is 0. The molecular formula is C11H16O2. The largest absolute Gasteiger partial charge is 0.373 e. The normalized spacial score (nSPS) is 41.7. The second kappa shape index (κ2) is 2.57. The van der Waals surface area contributed by atoms with Crippen LogP contribution in [0.5, 0.6) is 0 Å². The number of hydrogen-bond acceptors (Lipinski definition) is 2. The van der Waals surface area contributed by atoms with Gasteiger partial charge in [0.25, 0.3) is 0 Å². The number of ketones is 1. The van der Waals surface area contributed by atoms with Crippen molar-refractivity contribution in [2.24, 2.45) is 17.3 Å². The van der Waals surface area contributed by atoms with Crippen LogP contribution in [0.3, 0.4) is 0 Å². The average molecular weight is 180 g/mol. The third kappa shape index (κ3) is 0.954. The fourth-order valence-electron chi connectivity index (χ4n) is 3.65. The lowest BCUT2D eigenvalue weighted by Gasteiger charge is -2.22. The zero-order chi connectivity index (χ0) is 8.89. The maximum atomic E-state index is 11.6. The van der Waals surface area contributed by atoms with E-state index in [1.807, 2.05) is 0 Å². The van der Waals surface area contributed by atoms with Gasteiger partial charge in [-0.1, -0.05) is 19.3 Å². The molecular weight excluding hydrogens is 164 g/mol. The van der Waals surface area contributed by atoms with Crippen LogP contribution in [0.1, 0.15) is 32.1 Å². The van der Waals surface area contributed by atoms with E-state index in [0.717, 1.165) is 6.61 Å². The fraction of sp³-hybridized carbons (Fsp3) is 0.909. The highest BCUT2D eigenvalue weighted by molar-refractivity contribution is 5.87. The first-order valence-electron chi connectivity index (χ1n) is 5.45. The Bertz CT molecular complexity index is 240. The van der Waals surface area contributed by atoms with Gasteiger partial charge < -0.3 is 4.74 Å². The van der Waals surface area contributed by atoms with Crippen LogP contribution in [0, 0.1) is 17.3 Å². The summed E-state index contributed by atoms with van der Waals surface area (Å²) in [6.45, 7) is 1.25. The lowest BCUT2D eigenvalue weighted by Crippen LogP contribution is -2.19. The molecule has 0 aromatic rings. The van der Waals surface area contributed by atoms with Crippen molar-refractivity contribution in [3.8, 4) is 0 Å². The van der Waals surface area contributed by atoms with Crippen molar-refractivity contribution in [2.45, 2.75) is 32.1 Å². The molecule has 2 heteroatoms. The lowest BCUT2D eigenvalue weighted by atomic mass is 9.83. The zero-order valence-corrected chi connectivity index (χ0v) is 7.92. The number of ether oxygens (including phenoxy) is 1. The monoisotopic (exact) mass is 180 g/mol. The van der Waals surface area contributed by atoms with Gasteiger partial charge in [-0.05, 0) is 24.2 Å². The van der Waals surface area contributed by atoms with E-state index in [-0.39, 0.29) is 0 Å². The van der Waals surface area contributed by atoms with E-state index >= 15 is 0 Å². The van der Waals surface area contributed by atoms with Crippen molar-refractivity contribution >= 4 is 5.78 Å². The molecule has 3 fully saturated rings. The molecule has 0 radical (unpaired) electrons. The lowest BCUT2D eigenvalue weighted by molar-refractivity contribution is -0.128. The molecule has 0 aromatic heterocycles. The molecule has 3 aliphatic rings. The maximum absolute atomic E-state index is 11.6. The molecule has 3 rings (SSSR count). The molecule has 13 heavy (non-hydrogen) atoms. The highest BCUT2D eigenvalue weighted by atomic mass is 16.5. The predicted octanol–water partition coefficient (Wildman–Crippen LogP) is 1.78. The molecule has 0 amide bonds. The minimum Gasteiger partial charge on any atom is -0.373 e. The summed E-state index contributed by atoms with van der Waals surface area (Å²) in [5.41, 5.74) is 0.422. The number of fused-ring (bicyclic) bond motifs is 3. The van der Waals surface area contributed by atoms with Crippen LogP contribution in [0.25, 0.3) is 0 Å². The standard InChI is InChI=1S/C11H16O2/c12-9-7-13-6-8-10(9)11(8)4-2-1-3-5-11/h8,10H,1-7H2/t8-,10-/m0/s1. The van der Waals surface area contributed by atoms with Crippen LogP contribution in [-0.2, 0) is 9.53 Å². The quantitative estimate of drug-likeness (QED) is 0.568. The number of rotatable bonds is 0. The Morgan fingerprint density at radius 3 is 2.69 bits per heavy atom. The third-order valence-electron chi connectivity index (χ3n) is 4.32. The van der Waals surface area contributed by atoms with Crippen LogP contribution >= 0.6 is 0 Å². The molecule has 1 heterocycles. The number of carbonyl (C=O) groups is 1. The first-order chi connectivity index (χ1) is 6.34. The Kier molecular flexibility index (Phi) is 1.58. The van der Waals surface area contributed by atoms with Gasteiger partial charge in [-0.15, -0.1) is 0 Å². The Morgan fingerprint density at radius 1 is 1.23 bits per heavy atom. The SMILES string of the molecule is O=C1COC[C@H]2[C@@H]1C21CCCCC1. The predicted molar refractivity (Wildman–Crippen MR) is 48.3 cm³/mol. The van der Waals surface area contributed by atoms with Crippen LogP contribution in [0.15, 0.2) is 0 Å². The summed E-state index contributed by atoms with van der Waals surface area (Å²) in [5, 5.41) is 0. The highest BCUT2D eigenvalue weighted by Gasteiger charge is 2.67. The van der Waals surface area contributed by atoms with Gasteiger partial charge in [-0.25, -0.2) is 0 Å². The van der Waals surface area contributed by atoms with Gasteiger partial charge in [0, 0.05) is 5.92 Å². The van der Waals surface area contributed by atoms with Crippen LogP contribution in [-0.4, -0.2) is 19.0 Å². The molecule has 0 aromatic carbocycles. The first kappa shape index (κ1) is 7.98. The summed E-state index contributed by atoms with van der Waals surface area (Å²) in [7, 11) is 0. The van der Waals surface area contributed by atoms with Crippen LogP contribution < -0.4 is 0 Å². The van der Waals surface area contributed by atoms with Gasteiger partial charge in [-0.3, -0.25) is 4.79 Å². The minimum absolute atomic E-state index is 0.387. The van der Waals surface area contributed by atoms with E-state index in [1.54, 1.807) is 0 Å². The molecule has 2 saturated carbocycles. The number of hydrogen-bond donors (Lipinski definition) is 0. The molecule has 1 spiro atoms. The van der Waals surface area contributed by atoms with Gasteiger partial charge in [-0.2, -0.15) is 0 Å². The van der Waals surface area contributed by atoms with Crippen molar-refractivity contribution in [3.05, 3.63) is 0 Å². The number of Topliss-reactive ketones (excluding diaryl/α,β-unsaturated/α-hetero) is 1. The molecule has 72 valence electrons. The smallest absolute Gasteiger partial charge is 0.162 e. The molecule has 2 atom stereocenters. The van der Waals surface area contributed by atoms with E-state index in [4.69, 9.17) is 4.74 Å². The Balaban J connectivity index is 1.82. The molecule has 0 unspecified atom stereocenters. The van der Waals surface area contributed by atoms with E-state index in [0.29, 0.717) is 29.6 Å². The molecule has 1 saturated heterocycles. The Morgan fingerprint density at radius 2 is 2.00 bits per heavy atom. The Hall–Kier alpha value is -0.370. The second-order valence-electron chi connectivity index (χ2n) is 4.86. The van der Waals surface area contributed by atoms with E-state index in [2.05, 4.69) is 0 Å². The average Bonchev–Trinajstić information content (AvgIpc) is 2.77. The first-order valence-corrected chi connectivity index (χ1v) is 5.45. The van der Waals surface area contributed by atoms with Gasteiger partial charge in [0.05, 0.1) is 6.61 Å². The molecule has 2 nitrogen and oxygen atoms in total. The van der Waals surface area contributed by atoms with E-state index in [1.165, 1.54) is 32.1 Å². The molecule has 0 bridgehead atoms. The van der Waals surface area contributed by atoms with Gasteiger partial charge in [0.15, 0.2) is 5.78 Å². The fourth-order valence-corrected chi connectivity index (χ4v) is 3.65. The topological polar surface area (TPSA) is 26.3 Å².